The molecule has 1 rings (SSSR count). The van der Waals surface area contributed by atoms with Crippen LogP contribution in [0, 0.1) is 0 Å². The lowest BCUT2D eigenvalue weighted by molar-refractivity contribution is -0.142. The standard InChI is InChI=1S/C27H50N12O8/c1-14(40)20(39-23(44)16(7-4-12-33-26(29)30)36-22(43)17-9-10-19(41)35-17)24(45)37-15(6-2-3-11-28)21(42)38-18(25(46)47)8-5-13-34-27(31)32/h14-18,20,40H,2-13,28H2,1H3,(H,35,41)(H,36,43)(H,37,45)(H,38,42)(H,39,44)(H,46,47)(H4,29,30,33)(H4,31,32,34)/t14-,15+,16+,17+,18+,20+/m1/s1. The van der Waals surface area contributed by atoms with Crippen LogP contribution in [0.2, 0.25) is 0 Å². The topological polar surface area (TPSA) is 358 Å². The van der Waals surface area contributed by atoms with Crippen molar-refractivity contribution in [2.75, 3.05) is 19.6 Å². The van der Waals surface area contributed by atoms with Crippen molar-refractivity contribution in [3.05, 3.63) is 0 Å². The number of carbonyl (C=O) groups is 6. The Labute approximate surface area is 272 Å². The highest BCUT2D eigenvalue weighted by Gasteiger charge is 2.35. The molecule has 47 heavy (non-hydrogen) atoms. The zero-order valence-electron chi connectivity index (χ0n) is 26.6. The number of hydrogen-bond donors (Lipinski definition) is 12. The van der Waals surface area contributed by atoms with Gasteiger partial charge in [-0.2, -0.15) is 0 Å². The lowest BCUT2D eigenvalue weighted by Crippen LogP contribution is -2.61. The van der Waals surface area contributed by atoms with E-state index in [1.54, 1.807) is 0 Å². The molecule has 0 saturated carbocycles. The van der Waals surface area contributed by atoms with Crippen LogP contribution in [-0.4, -0.2) is 114 Å². The number of nitrogens with zero attached hydrogens (tertiary/aromatic N) is 2. The van der Waals surface area contributed by atoms with Crippen molar-refractivity contribution in [3.8, 4) is 0 Å². The minimum atomic E-state index is -1.58. The SMILES string of the molecule is C[C@@H](O)[C@H](NC(=O)[C@H](CCCN=C(N)N)NC(=O)[C@@H]1CCC(=O)N1)C(=O)N[C@@H](CCCCN)C(=O)N[C@@H](CCCN=C(N)N)C(=O)O. The second-order valence-electron chi connectivity index (χ2n) is 11.1. The van der Waals surface area contributed by atoms with Gasteiger partial charge < -0.3 is 65.5 Å². The van der Waals surface area contributed by atoms with Gasteiger partial charge in [0.1, 0.15) is 30.2 Å². The molecule has 20 heteroatoms. The fourth-order valence-electron chi connectivity index (χ4n) is 4.57. The number of carboxylic acids is 1. The number of aliphatic imine (C=N–C) groups is 2. The van der Waals surface area contributed by atoms with Gasteiger partial charge in [-0.15, -0.1) is 0 Å². The first-order valence-electron chi connectivity index (χ1n) is 15.4. The molecule has 0 unspecified atom stereocenters. The zero-order valence-corrected chi connectivity index (χ0v) is 26.6. The number of hydrogen-bond acceptors (Lipinski definition) is 10. The second kappa shape index (κ2) is 21.1. The van der Waals surface area contributed by atoms with E-state index in [0.29, 0.717) is 19.4 Å². The Hall–Kier alpha value is -4.72. The molecule has 20 nitrogen and oxygen atoms in total. The summed E-state index contributed by atoms with van der Waals surface area (Å²) in [5.74, 6) is -5.13. The number of aliphatic hydroxyl groups excluding tert-OH is 1. The Balaban J connectivity index is 3.07. The van der Waals surface area contributed by atoms with Gasteiger partial charge in [0, 0.05) is 19.5 Å². The maximum absolute atomic E-state index is 13.4. The van der Waals surface area contributed by atoms with Gasteiger partial charge in [0.05, 0.1) is 6.10 Å². The van der Waals surface area contributed by atoms with Gasteiger partial charge in [-0.05, 0) is 64.8 Å². The molecule has 0 bridgehead atoms. The maximum atomic E-state index is 13.4. The number of carbonyl (C=O) groups excluding carboxylic acids is 5. The normalized spacial score (nSPS) is 17.1. The number of nitrogens with two attached hydrogens (primary N) is 5. The molecule has 0 spiro atoms. The molecule has 0 aromatic rings. The van der Waals surface area contributed by atoms with E-state index in [1.807, 2.05) is 0 Å². The third-order valence-electron chi connectivity index (χ3n) is 7.09. The summed E-state index contributed by atoms with van der Waals surface area (Å²) in [6.07, 6.45) is 0.414. The van der Waals surface area contributed by atoms with Crippen LogP contribution in [0.1, 0.15) is 64.7 Å². The molecular weight excluding hydrogens is 620 g/mol. The fourth-order valence-corrected chi connectivity index (χ4v) is 4.57. The first kappa shape index (κ1) is 40.3. The Bertz CT molecular complexity index is 1140. The molecule has 5 amide bonds. The number of amides is 5. The predicted octanol–water partition coefficient (Wildman–Crippen LogP) is -5.09. The first-order chi connectivity index (χ1) is 22.2. The number of rotatable bonds is 22. The molecule has 1 heterocycles. The van der Waals surface area contributed by atoms with Crippen LogP contribution < -0.4 is 55.3 Å². The summed E-state index contributed by atoms with van der Waals surface area (Å²) in [5, 5.41) is 32.4. The van der Waals surface area contributed by atoms with Crippen molar-refractivity contribution >= 4 is 47.4 Å². The van der Waals surface area contributed by atoms with Crippen molar-refractivity contribution in [1.29, 1.82) is 0 Å². The monoisotopic (exact) mass is 670 g/mol. The second-order valence-corrected chi connectivity index (χ2v) is 11.1. The minimum absolute atomic E-state index is 0.00545. The number of aliphatic carboxylic acids is 1. The molecule has 17 N–H and O–H groups in total. The van der Waals surface area contributed by atoms with E-state index in [2.05, 4.69) is 36.6 Å². The zero-order chi connectivity index (χ0) is 35.5. The fraction of sp³-hybridized carbons (Fsp3) is 0.704. The van der Waals surface area contributed by atoms with Gasteiger partial charge >= 0.3 is 5.97 Å². The van der Waals surface area contributed by atoms with Gasteiger partial charge in [0.2, 0.25) is 29.5 Å². The van der Waals surface area contributed by atoms with E-state index in [4.69, 9.17) is 28.7 Å². The number of unbranched alkanes of at least 4 members (excludes halogenated alkanes) is 1. The molecule has 0 aromatic heterocycles. The van der Waals surface area contributed by atoms with E-state index in [0.717, 1.165) is 0 Å². The highest BCUT2D eigenvalue weighted by Crippen LogP contribution is 2.10. The van der Waals surface area contributed by atoms with Crippen LogP contribution in [0.15, 0.2) is 9.98 Å². The molecule has 1 aliphatic heterocycles. The van der Waals surface area contributed by atoms with Gasteiger partial charge in [0.15, 0.2) is 11.9 Å². The largest absolute Gasteiger partial charge is 0.480 e. The third kappa shape index (κ3) is 15.9. The minimum Gasteiger partial charge on any atom is -0.480 e. The van der Waals surface area contributed by atoms with Gasteiger partial charge in [-0.1, -0.05) is 0 Å². The molecule has 6 atom stereocenters. The van der Waals surface area contributed by atoms with E-state index < -0.39 is 65.9 Å². The molecule has 1 saturated heterocycles. The molecule has 0 aliphatic carbocycles. The number of nitrogens with one attached hydrogen (secondary N) is 5. The van der Waals surface area contributed by atoms with Crippen molar-refractivity contribution in [1.82, 2.24) is 26.6 Å². The summed E-state index contributed by atoms with van der Waals surface area (Å²) in [7, 11) is 0. The first-order valence-corrected chi connectivity index (χ1v) is 15.4. The van der Waals surface area contributed by atoms with Crippen LogP contribution in [0.5, 0.6) is 0 Å². The summed E-state index contributed by atoms with van der Waals surface area (Å²) in [6, 6.07) is -6.19. The van der Waals surface area contributed by atoms with Gasteiger partial charge in [0.25, 0.3) is 0 Å². The molecule has 0 radical (unpaired) electrons. The quantitative estimate of drug-likeness (QED) is 0.0292. The van der Waals surface area contributed by atoms with Crippen LogP contribution in [0.25, 0.3) is 0 Å². The van der Waals surface area contributed by atoms with Crippen LogP contribution >= 0.6 is 0 Å². The van der Waals surface area contributed by atoms with E-state index in [-0.39, 0.29) is 75.9 Å². The number of carboxylic acid groups (broad SMARTS) is 1. The van der Waals surface area contributed by atoms with E-state index >= 15 is 0 Å². The number of guanidine groups is 2. The summed E-state index contributed by atoms with van der Waals surface area (Å²) < 4.78 is 0. The van der Waals surface area contributed by atoms with Crippen LogP contribution in [0.3, 0.4) is 0 Å². The van der Waals surface area contributed by atoms with Gasteiger partial charge in [-0.3, -0.25) is 34.0 Å². The molecule has 1 fully saturated rings. The van der Waals surface area contributed by atoms with Gasteiger partial charge in [-0.25, -0.2) is 4.79 Å². The summed E-state index contributed by atoms with van der Waals surface area (Å²) in [4.78, 5) is 83.7. The van der Waals surface area contributed by atoms with Crippen LogP contribution in [-0.2, 0) is 28.8 Å². The molecule has 266 valence electrons. The smallest absolute Gasteiger partial charge is 0.326 e. The lowest BCUT2D eigenvalue weighted by atomic mass is 10.0. The summed E-state index contributed by atoms with van der Waals surface area (Å²) in [6.45, 7) is 1.82. The molecule has 0 aromatic carbocycles. The van der Waals surface area contributed by atoms with Crippen molar-refractivity contribution in [2.45, 2.75) is 101 Å². The van der Waals surface area contributed by atoms with Crippen molar-refractivity contribution in [3.63, 3.8) is 0 Å². The Morgan fingerprint density at radius 2 is 1.32 bits per heavy atom. The lowest BCUT2D eigenvalue weighted by Gasteiger charge is -2.27. The average Bonchev–Trinajstić information content (AvgIpc) is 3.43. The highest BCUT2D eigenvalue weighted by atomic mass is 16.4. The summed E-state index contributed by atoms with van der Waals surface area (Å²) in [5.41, 5.74) is 26.8. The van der Waals surface area contributed by atoms with Crippen molar-refractivity contribution < 1.29 is 39.0 Å². The molecular formula is C27H50N12O8. The highest BCUT2D eigenvalue weighted by molar-refractivity contribution is 5.97. The predicted molar refractivity (Wildman–Crippen MR) is 171 cm³/mol. The Morgan fingerprint density at radius 3 is 1.81 bits per heavy atom. The number of aliphatic hydroxyl groups is 1. The van der Waals surface area contributed by atoms with Crippen LogP contribution in [0.4, 0.5) is 0 Å². The Kier molecular flexibility index (Phi) is 18.1. The van der Waals surface area contributed by atoms with Crippen molar-refractivity contribution in [2.24, 2.45) is 38.7 Å². The Morgan fingerprint density at radius 1 is 0.809 bits per heavy atom. The van der Waals surface area contributed by atoms with E-state index in [1.165, 1.54) is 6.92 Å². The third-order valence-corrected chi connectivity index (χ3v) is 7.09. The maximum Gasteiger partial charge on any atom is 0.326 e. The van der Waals surface area contributed by atoms with E-state index in [9.17, 15) is 39.0 Å². The average molecular weight is 671 g/mol. The molecule has 1 aliphatic rings. The summed E-state index contributed by atoms with van der Waals surface area (Å²) >= 11 is 0.